The molecule has 1 heterocycles. The molecule has 1 saturated heterocycles. The zero-order chi connectivity index (χ0) is 29.4. The number of hydrogen-bond acceptors (Lipinski definition) is 3. The van der Waals surface area contributed by atoms with Crippen molar-refractivity contribution in [3.05, 3.63) is 70.0 Å². The first kappa shape index (κ1) is 29.9. The van der Waals surface area contributed by atoms with Crippen molar-refractivity contribution >= 4 is 17.7 Å². The number of carbonyl (C=O) groups excluding carboxylic acids is 3. The lowest BCUT2D eigenvalue weighted by Gasteiger charge is -2.40. The van der Waals surface area contributed by atoms with Crippen molar-refractivity contribution in [2.75, 3.05) is 20.1 Å². The molecule has 3 atom stereocenters. The van der Waals surface area contributed by atoms with E-state index in [9.17, 15) is 45.1 Å². The van der Waals surface area contributed by atoms with E-state index in [2.05, 4.69) is 0 Å². The number of alkyl halides is 6. The second-order valence-electron chi connectivity index (χ2n) is 9.58. The maximum Gasteiger partial charge on any atom is 0.416 e. The minimum absolute atomic E-state index is 0.0108. The van der Waals surface area contributed by atoms with E-state index in [4.69, 9.17) is 5.73 Å². The van der Waals surface area contributed by atoms with Crippen LogP contribution in [0, 0.1) is 18.7 Å². The molecule has 39 heavy (non-hydrogen) atoms. The van der Waals surface area contributed by atoms with Crippen molar-refractivity contribution in [2.45, 2.75) is 44.6 Å². The number of aryl methyl sites for hydroxylation is 1. The van der Waals surface area contributed by atoms with E-state index in [1.54, 1.807) is 6.92 Å². The molecule has 0 aliphatic carbocycles. The summed E-state index contributed by atoms with van der Waals surface area (Å²) in [6.45, 7) is 2.72. The van der Waals surface area contributed by atoms with E-state index >= 15 is 0 Å². The van der Waals surface area contributed by atoms with Gasteiger partial charge in [0.15, 0.2) is 0 Å². The van der Waals surface area contributed by atoms with Crippen LogP contribution in [0.3, 0.4) is 0 Å². The summed E-state index contributed by atoms with van der Waals surface area (Å²) >= 11 is 0. The zero-order valence-corrected chi connectivity index (χ0v) is 21.2. The van der Waals surface area contributed by atoms with Gasteiger partial charge in [-0.3, -0.25) is 14.4 Å². The van der Waals surface area contributed by atoms with Gasteiger partial charge in [0, 0.05) is 32.0 Å². The maximum absolute atomic E-state index is 13.8. The number of likely N-dealkylation sites (tertiary alicyclic amines) is 1. The van der Waals surface area contributed by atoms with E-state index in [-0.39, 0.29) is 31.1 Å². The second kappa shape index (κ2) is 10.9. The van der Waals surface area contributed by atoms with Gasteiger partial charge in [-0.25, -0.2) is 4.39 Å². The highest BCUT2D eigenvalue weighted by atomic mass is 19.4. The Balaban J connectivity index is 1.99. The molecule has 2 aromatic carbocycles. The SMILES string of the molecule is Cc1cc(F)ccc1[C@H]1CN(C(=O)C(N)=O)CC[C@@H]1C(=O)N(C)[C@@H](C)c1cc(C(F)(F)F)cc(C(F)(F)F)c1. The molecular formula is C26H26F7N3O3. The molecule has 2 N–H and O–H groups in total. The molecule has 6 nitrogen and oxygen atoms in total. The summed E-state index contributed by atoms with van der Waals surface area (Å²) in [5.74, 6) is -4.96. The average molecular weight is 561 g/mol. The maximum atomic E-state index is 13.8. The van der Waals surface area contributed by atoms with Gasteiger partial charge >= 0.3 is 24.2 Å². The number of benzene rings is 2. The Kier molecular flexibility index (Phi) is 8.32. The molecule has 13 heteroatoms. The highest BCUT2D eigenvalue weighted by Gasteiger charge is 2.41. The van der Waals surface area contributed by atoms with E-state index in [0.717, 1.165) is 15.9 Å². The van der Waals surface area contributed by atoms with E-state index in [1.165, 1.54) is 26.1 Å². The van der Waals surface area contributed by atoms with Crippen molar-refractivity contribution in [1.29, 1.82) is 0 Å². The van der Waals surface area contributed by atoms with Gasteiger partial charge in [-0.1, -0.05) is 6.07 Å². The molecule has 212 valence electrons. The van der Waals surface area contributed by atoms with E-state index < -0.39 is 64.9 Å². The van der Waals surface area contributed by atoms with Crippen molar-refractivity contribution in [3.8, 4) is 0 Å². The Morgan fingerprint density at radius 3 is 2.05 bits per heavy atom. The third-order valence-electron chi connectivity index (χ3n) is 7.08. The molecule has 2 aromatic rings. The van der Waals surface area contributed by atoms with Gasteiger partial charge in [-0.05, 0) is 67.3 Å². The molecule has 0 unspecified atom stereocenters. The van der Waals surface area contributed by atoms with Crippen LogP contribution in [-0.2, 0) is 26.7 Å². The van der Waals surface area contributed by atoms with Crippen LogP contribution in [0.25, 0.3) is 0 Å². The number of carbonyl (C=O) groups is 3. The fourth-order valence-corrected chi connectivity index (χ4v) is 4.85. The van der Waals surface area contributed by atoms with E-state index in [0.29, 0.717) is 23.3 Å². The van der Waals surface area contributed by atoms with Gasteiger partial charge in [0.25, 0.3) is 0 Å². The van der Waals surface area contributed by atoms with Gasteiger partial charge in [0.05, 0.1) is 17.2 Å². The largest absolute Gasteiger partial charge is 0.416 e. The van der Waals surface area contributed by atoms with Crippen LogP contribution >= 0.6 is 0 Å². The number of nitrogens with zero attached hydrogens (tertiary/aromatic N) is 2. The zero-order valence-electron chi connectivity index (χ0n) is 21.2. The molecule has 0 radical (unpaired) electrons. The Bertz CT molecular complexity index is 1240. The topological polar surface area (TPSA) is 83.7 Å². The fraction of sp³-hybridized carbons (Fsp3) is 0.423. The lowest BCUT2D eigenvalue weighted by atomic mass is 9.78. The Morgan fingerprint density at radius 1 is 1.00 bits per heavy atom. The van der Waals surface area contributed by atoms with Gasteiger partial charge in [0.1, 0.15) is 5.82 Å². The summed E-state index contributed by atoms with van der Waals surface area (Å²) < 4.78 is 94.0. The van der Waals surface area contributed by atoms with Crippen LogP contribution < -0.4 is 5.73 Å². The van der Waals surface area contributed by atoms with Gasteiger partial charge < -0.3 is 15.5 Å². The first-order chi connectivity index (χ1) is 17.9. The third kappa shape index (κ3) is 6.51. The number of primary amides is 1. The van der Waals surface area contributed by atoms with Crippen LogP contribution in [0.4, 0.5) is 30.7 Å². The summed E-state index contributed by atoms with van der Waals surface area (Å²) in [7, 11) is 1.26. The van der Waals surface area contributed by atoms with Crippen LogP contribution in [0.5, 0.6) is 0 Å². The quantitative estimate of drug-likeness (QED) is 0.430. The first-order valence-corrected chi connectivity index (χ1v) is 11.8. The molecule has 1 aliphatic rings. The van der Waals surface area contributed by atoms with Crippen LogP contribution in [0.2, 0.25) is 0 Å². The highest BCUT2D eigenvalue weighted by Crippen LogP contribution is 2.40. The Hall–Kier alpha value is -3.64. The minimum Gasteiger partial charge on any atom is -0.361 e. The molecule has 0 spiro atoms. The van der Waals surface area contributed by atoms with Gasteiger partial charge in [0.2, 0.25) is 5.91 Å². The molecule has 0 bridgehead atoms. The Morgan fingerprint density at radius 2 is 1.56 bits per heavy atom. The normalized spacial score (nSPS) is 19.0. The summed E-state index contributed by atoms with van der Waals surface area (Å²) in [6, 6.07) is 3.77. The van der Waals surface area contributed by atoms with Crippen LogP contribution in [0.15, 0.2) is 36.4 Å². The lowest BCUT2D eigenvalue weighted by Crippen LogP contribution is -2.50. The standard InChI is InChI=1S/C26H26F7N3O3/c1-13-8-18(27)4-5-19(13)21-12-36(24(39)22(34)37)7-6-20(21)23(38)35(3)14(2)15-9-16(25(28,29)30)11-17(10-15)26(31,32)33/h4-5,8-11,14,20-21H,6-7,12H2,1-3H3,(H2,34,37)/t14-,20-,21+/m0/s1. The van der Waals surface area contributed by atoms with Crippen LogP contribution in [0.1, 0.15) is 53.1 Å². The minimum atomic E-state index is -5.05. The highest BCUT2D eigenvalue weighted by molar-refractivity contribution is 6.34. The molecule has 1 fully saturated rings. The van der Waals surface area contributed by atoms with E-state index in [1.807, 2.05) is 0 Å². The monoisotopic (exact) mass is 561 g/mol. The number of hydrogen-bond donors (Lipinski definition) is 1. The number of piperidine rings is 1. The Labute approximate surface area is 219 Å². The van der Waals surface area contributed by atoms with Crippen LogP contribution in [-0.4, -0.2) is 47.7 Å². The second-order valence-corrected chi connectivity index (χ2v) is 9.58. The number of nitrogens with two attached hydrogens (primary N) is 1. The van der Waals surface area contributed by atoms with Crippen molar-refractivity contribution in [2.24, 2.45) is 11.7 Å². The molecule has 0 aromatic heterocycles. The lowest BCUT2D eigenvalue weighted by molar-refractivity contribution is -0.147. The number of halogens is 7. The molecule has 0 saturated carbocycles. The van der Waals surface area contributed by atoms with Gasteiger partial charge in [-0.15, -0.1) is 0 Å². The number of amides is 3. The molecular weight excluding hydrogens is 535 g/mol. The summed E-state index contributed by atoms with van der Waals surface area (Å²) in [5.41, 5.74) is 2.69. The summed E-state index contributed by atoms with van der Waals surface area (Å²) in [6.07, 6.45) is -10.1. The fourth-order valence-electron chi connectivity index (χ4n) is 4.85. The molecule has 3 amide bonds. The summed E-state index contributed by atoms with van der Waals surface area (Å²) in [4.78, 5) is 39.6. The summed E-state index contributed by atoms with van der Waals surface area (Å²) in [5, 5.41) is 0. The van der Waals surface area contributed by atoms with Crippen molar-refractivity contribution < 1.29 is 45.1 Å². The van der Waals surface area contributed by atoms with Gasteiger partial charge in [-0.2, -0.15) is 26.3 Å². The smallest absolute Gasteiger partial charge is 0.361 e. The first-order valence-electron chi connectivity index (χ1n) is 11.8. The molecule has 3 rings (SSSR count). The molecule has 1 aliphatic heterocycles. The third-order valence-corrected chi connectivity index (χ3v) is 7.08. The number of rotatable bonds is 4. The average Bonchev–Trinajstić information content (AvgIpc) is 2.85. The van der Waals surface area contributed by atoms with Crippen molar-refractivity contribution in [1.82, 2.24) is 9.80 Å². The van der Waals surface area contributed by atoms with Crippen molar-refractivity contribution in [3.63, 3.8) is 0 Å². The predicted molar refractivity (Wildman–Crippen MR) is 125 cm³/mol. The predicted octanol–water partition coefficient (Wildman–Crippen LogP) is 4.81.